The van der Waals surface area contributed by atoms with Gasteiger partial charge in [0.1, 0.15) is 35.9 Å². The van der Waals surface area contributed by atoms with E-state index in [4.69, 9.17) is 14.2 Å². The van der Waals surface area contributed by atoms with Gasteiger partial charge in [-0.25, -0.2) is 9.98 Å². The first kappa shape index (κ1) is 31.9. The highest BCUT2D eigenvalue weighted by Gasteiger charge is 2.55. The largest absolute Gasteiger partial charge is 0.497 e. The monoisotopic (exact) mass is 640 g/mol. The molecule has 1 fully saturated rings. The fourth-order valence-electron chi connectivity index (χ4n) is 6.18. The number of nitrogens with one attached hydrogen (secondary N) is 1. The van der Waals surface area contributed by atoms with Gasteiger partial charge in [-0.15, -0.1) is 0 Å². The van der Waals surface area contributed by atoms with Crippen LogP contribution < -0.4 is 15.0 Å². The Morgan fingerprint density at radius 1 is 0.936 bits per heavy atom. The minimum Gasteiger partial charge on any atom is -0.497 e. The van der Waals surface area contributed by atoms with Crippen molar-refractivity contribution in [2.45, 2.75) is 36.1 Å². The number of hydrogen-bond donors (Lipinski definition) is 4. The van der Waals surface area contributed by atoms with E-state index in [0.717, 1.165) is 0 Å². The summed E-state index contributed by atoms with van der Waals surface area (Å²) >= 11 is 0. The molecule has 3 aromatic carbocycles. The fraction of sp³-hybridized carbons (Fsp3) is 0.294. The van der Waals surface area contributed by atoms with Crippen molar-refractivity contribution in [3.05, 3.63) is 112 Å². The summed E-state index contributed by atoms with van der Waals surface area (Å²) in [5, 5.41) is 35.6. The summed E-state index contributed by atoms with van der Waals surface area (Å²) in [6, 6.07) is 24.0. The predicted molar refractivity (Wildman–Crippen MR) is 174 cm³/mol. The zero-order valence-electron chi connectivity index (χ0n) is 26.3. The van der Waals surface area contributed by atoms with Gasteiger partial charge in [0, 0.05) is 14.1 Å². The number of H-pyrrole nitrogens is 1. The van der Waals surface area contributed by atoms with Gasteiger partial charge in [0.2, 0.25) is 5.95 Å². The SMILES string of the molecule is COc1ccc(C(c2ccccc2)(c2ccc(OC)cc2)C(O)[C@H]2O[C@@H](n3cnc4c(=O)[nH]c(N=CN(C)C)nc43)[C@H](O)[C@@H]2O)cc1. The number of aliphatic hydroxyl groups excluding tert-OH is 3. The molecule has 1 aliphatic heterocycles. The van der Waals surface area contributed by atoms with Crippen LogP contribution in [0.25, 0.3) is 11.2 Å². The Bertz CT molecular complexity index is 1860. The lowest BCUT2D eigenvalue weighted by atomic mass is 9.64. The average Bonchev–Trinajstić information content (AvgIpc) is 3.65. The van der Waals surface area contributed by atoms with E-state index in [1.165, 1.54) is 17.2 Å². The molecule has 47 heavy (non-hydrogen) atoms. The number of methoxy groups -OCH3 is 2. The standard InChI is InChI=1S/C34H36N6O7/c1-39(2)18-36-33-37-30-25(31(44)38-33)35-19-40(30)32-27(42)26(41)28(47-32)29(43)34(20-8-6-5-7-9-20,21-10-14-23(45-3)15-11-21)22-12-16-24(46-4)17-13-22/h5-19,26-29,32,41-43H,1-4H3,(H,37,38,44)/t26-,27+,28-,29?,32+/m0/s1. The number of rotatable bonds is 10. The van der Waals surface area contributed by atoms with Gasteiger partial charge in [-0.3, -0.25) is 14.3 Å². The van der Waals surface area contributed by atoms with E-state index >= 15 is 0 Å². The smallest absolute Gasteiger partial charge is 0.280 e. The van der Waals surface area contributed by atoms with Crippen molar-refractivity contribution in [2.75, 3.05) is 28.3 Å². The van der Waals surface area contributed by atoms with Crippen LogP contribution in [0, 0.1) is 0 Å². The lowest BCUT2D eigenvalue weighted by Gasteiger charge is -2.42. The van der Waals surface area contributed by atoms with Gasteiger partial charge in [-0.1, -0.05) is 54.6 Å². The maximum Gasteiger partial charge on any atom is 0.280 e. The molecule has 6 rings (SSSR count). The van der Waals surface area contributed by atoms with Gasteiger partial charge in [0.05, 0.1) is 32.3 Å². The Kier molecular flexibility index (Phi) is 8.80. The van der Waals surface area contributed by atoms with Crippen molar-refractivity contribution in [1.29, 1.82) is 0 Å². The van der Waals surface area contributed by atoms with Gasteiger partial charge >= 0.3 is 0 Å². The van der Waals surface area contributed by atoms with Crippen molar-refractivity contribution in [2.24, 2.45) is 4.99 Å². The lowest BCUT2D eigenvalue weighted by Crippen LogP contribution is -2.52. The first-order valence-corrected chi connectivity index (χ1v) is 14.9. The number of aromatic amines is 1. The number of nitrogens with zero attached hydrogens (tertiary/aromatic N) is 5. The van der Waals surface area contributed by atoms with Gasteiger partial charge in [-0.2, -0.15) is 4.98 Å². The number of aromatic nitrogens is 4. The van der Waals surface area contributed by atoms with Crippen LogP contribution in [-0.4, -0.2) is 98.8 Å². The Morgan fingerprint density at radius 2 is 1.51 bits per heavy atom. The van der Waals surface area contributed by atoms with Crippen molar-refractivity contribution in [3.8, 4) is 11.5 Å². The summed E-state index contributed by atoms with van der Waals surface area (Å²) in [4.78, 5) is 29.9. The van der Waals surface area contributed by atoms with E-state index in [9.17, 15) is 20.1 Å². The van der Waals surface area contributed by atoms with Gasteiger partial charge < -0.3 is 34.4 Å². The van der Waals surface area contributed by atoms with Gasteiger partial charge in [0.15, 0.2) is 17.4 Å². The molecule has 0 amide bonds. The normalized spacial score (nSPS) is 20.5. The summed E-state index contributed by atoms with van der Waals surface area (Å²) < 4.78 is 18.6. The molecule has 13 heteroatoms. The molecule has 1 unspecified atom stereocenters. The molecule has 0 radical (unpaired) electrons. The van der Waals surface area contributed by atoms with Crippen molar-refractivity contribution in [1.82, 2.24) is 24.4 Å². The van der Waals surface area contributed by atoms with Crippen molar-refractivity contribution >= 4 is 23.5 Å². The first-order valence-electron chi connectivity index (χ1n) is 14.9. The maximum absolute atomic E-state index is 12.8. The topological polar surface area (TPSA) is 168 Å². The quantitative estimate of drug-likeness (QED) is 0.101. The Morgan fingerprint density at radius 3 is 2.06 bits per heavy atom. The fourth-order valence-corrected chi connectivity index (χ4v) is 6.18. The molecule has 5 atom stereocenters. The molecule has 0 spiro atoms. The second-order valence-corrected chi connectivity index (χ2v) is 11.5. The van der Waals surface area contributed by atoms with E-state index in [0.29, 0.717) is 28.2 Å². The van der Waals surface area contributed by atoms with Crippen molar-refractivity contribution in [3.63, 3.8) is 0 Å². The van der Waals surface area contributed by atoms with Gasteiger partial charge in [0.25, 0.3) is 5.56 Å². The summed E-state index contributed by atoms with van der Waals surface area (Å²) in [6.45, 7) is 0. The Balaban J connectivity index is 1.49. The third-order valence-electron chi connectivity index (χ3n) is 8.45. The number of aliphatic hydroxyl groups is 3. The number of imidazole rings is 1. The number of hydrogen-bond acceptors (Lipinski definition) is 10. The molecule has 0 bridgehead atoms. The van der Waals surface area contributed by atoms with Crippen LogP contribution in [0.1, 0.15) is 22.9 Å². The zero-order chi connectivity index (χ0) is 33.3. The second-order valence-electron chi connectivity index (χ2n) is 11.5. The minimum absolute atomic E-state index is 0.00168. The Labute approximate surface area is 270 Å². The maximum atomic E-state index is 12.8. The molecule has 5 aromatic rings. The highest BCUT2D eigenvalue weighted by atomic mass is 16.6. The number of ether oxygens (including phenoxy) is 3. The number of fused-ring (bicyclic) bond motifs is 1. The molecule has 0 saturated carbocycles. The molecule has 1 saturated heterocycles. The third kappa shape index (κ3) is 5.63. The number of benzene rings is 3. The summed E-state index contributed by atoms with van der Waals surface area (Å²) in [7, 11) is 6.69. The zero-order valence-corrected chi connectivity index (χ0v) is 26.3. The van der Waals surface area contributed by atoms with E-state index < -0.39 is 41.6 Å². The lowest BCUT2D eigenvalue weighted by molar-refractivity contribution is -0.0972. The highest BCUT2D eigenvalue weighted by molar-refractivity contribution is 5.71. The molecular formula is C34H36N6O7. The first-order chi connectivity index (χ1) is 22.7. The molecule has 1 aliphatic rings. The summed E-state index contributed by atoms with van der Waals surface area (Å²) in [6.07, 6.45) is -4.35. The van der Waals surface area contributed by atoms with Crippen LogP contribution in [-0.2, 0) is 10.2 Å². The summed E-state index contributed by atoms with van der Waals surface area (Å²) in [5.41, 5.74) is 0.304. The molecule has 244 valence electrons. The van der Waals surface area contributed by atoms with Crippen LogP contribution in [0.5, 0.6) is 11.5 Å². The second kappa shape index (κ2) is 13.0. The molecule has 3 heterocycles. The van der Waals surface area contributed by atoms with Crippen LogP contribution in [0.4, 0.5) is 5.95 Å². The minimum atomic E-state index is -1.56. The van der Waals surface area contributed by atoms with Crippen LogP contribution in [0.3, 0.4) is 0 Å². The molecule has 0 aliphatic carbocycles. The Hall–Kier alpha value is -5.08. The van der Waals surface area contributed by atoms with E-state index in [1.807, 2.05) is 54.6 Å². The molecule has 13 nitrogen and oxygen atoms in total. The van der Waals surface area contributed by atoms with Crippen LogP contribution in [0.2, 0.25) is 0 Å². The average molecular weight is 641 g/mol. The number of aliphatic imine (C=N–C) groups is 1. The van der Waals surface area contributed by atoms with E-state index in [1.54, 1.807) is 57.5 Å². The molecular weight excluding hydrogens is 604 g/mol. The van der Waals surface area contributed by atoms with Gasteiger partial charge in [-0.05, 0) is 41.0 Å². The van der Waals surface area contributed by atoms with Crippen molar-refractivity contribution < 1.29 is 29.5 Å². The van der Waals surface area contributed by atoms with Crippen LogP contribution in [0.15, 0.2) is 95.0 Å². The molecule has 4 N–H and O–H groups in total. The molecule has 2 aromatic heterocycles. The highest BCUT2D eigenvalue weighted by Crippen LogP contribution is 2.47. The predicted octanol–water partition coefficient (Wildman–Crippen LogP) is 2.37. The summed E-state index contributed by atoms with van der Waals surface area (Å²) in [5.74, 6) is 1.26. The van der Waals surface area contributed by atoms with E-state index in [-0.39, 0.29) is 17.1 Å². The third-order valence-corrected chi connectivity index (χ3v) is 8.45. The van der Waals surface area contributed by atoms with E-state index in [2.05, 4.69) is 19.9 Å². The van der Waals surface area contributed by atoms with Crippen LogP contribution >= 0.6 is 0 Å².